The first-order chi connectivity index (χ1) is 16.9. The topological polar surface area (TPSA) is 141 Å². The third-order valence-corrected chi connectivity index (χ3v) is 7.47. The monoisotopic (exact) mass is 495 g/mol. The normalized spacial score (nSPS) is 14.8. The molecule has 0 saturated heterocycles. The number of pyridine rings is 1. The Balaban J connectivity index is 1.67. The summed E-state index contributed by atoms with van der Waals surface area (Å²) in [7, 11) is -4.27. The van der Waals surface area contributed by atoms with E-state index in [2.05, 4.69) is 15.2 Å². The Morgan fingerprint density at radius 1 is 1.06 bits per heavy atom. The molecule has 5 rings (SSSR count). The number of nitrogens with one attached hydrogen (secondary N) is 1. The van der Waals surface area contributed by atoms with E-state index in [0.29, 0.717) is 53.2 Å². The molecule has 0 amide bonds. The minimum atomic E-state index is -4.27. The van der Waals surface area contributed by atoms with Gasteiger partial charge in [0.05, 0.1) is 28.9 Å². The van der Waals surface area contributed by atoms with Gasteiger partial charge in [0.15, 0.2) is 4.90 Å². The maximum atomic E-state index is 13.7. The van der Waals surface area contributed by atoms with Crippen LogP contribution in [0.2, 0.25) is 0 Å². The molecule has 1 aliphatic heterocycles. The number of hydrogen-bond acceptors (Lipinski definition) is 8. The molecule has 4 aromatic rings. The van der Waals surface area contributed by atoms with Crippen molar-refractivity contribution in [1.29, 1.82) is 0 Å². The van der Waals surface area contributed by atoms with E-state index in [4.69, 9.17) is 9.47 Å². The molecule has 0 saturated carbocycles. The highest BCUT2D eigenvalue weighted by Gasteiger charge is 2.32. The molecular weight excluding hydrogens is 474 g/mol. The van der Waals surface area contributed by atoms with Gasteiger partial charge in [0.25, 0.3) is 15.7 Å². The predicted molar refractivity (Wildman–Crippen MR) is 128 cm³/mol. The van der Waals surface area contributed by atoms with Crippen LogP contribution in [0.15, 0.2) is 65.8 Å². The molecule has 3 heterocycles. The number of para-hydroxylation sites is 1. The molecular formula is C23H21N5O6S. The van der Waals surface area contributed by atoms with Crippen molar-refractivity contribution in [2.45, 2.75) is 11.3 Å². The van der Waals surface area contributed by atoms with Gasteiger partial charge in [0.2, 0.25) is 0 Å². The summed E-state index contributed by atoms with van der Waals surface area (Å²) in [5.41, 5.74) is 1.84. The number of ether oxygens (including phenoxy) is 2. The van der Waals surface area contributed by atoms with Crippen molar-refractivity contribution in [3.05, 3.63) is 71.0 Å². The fraction of sp³-hybridized carbons (Fsp3) is 0.217. The number of aromatic amines is 1. The fourth-order valence-corrected chi connectivity index (χ4v) is 5.62. The van der Waals surface area contributed by atoms with Gasteiger partial charge in [-0.25, -0.2) is 8.42 Å². The molecule has 0 atom stereocenters. The van der Waals surface area contributed by atoms with E-state index in [1.54, 1.807) is 36.7 Å². The average molecular weight is 496 g/mol. The molecule has 2 aromatic carbocycles. The van der Waals surface area contributed by atoms with Crippen molar-refractivity contribution in [3.63, 3.8) is 0 Å². The van der Waals surface area contributed by atoms with Crippen molar-refractivity contribution >= 4 is 32.3 Å². The van der Waals surface area contributed by atoms with E-state index in [1.807, 2.05) is 0 Å². The lowest BCUT2D eigenvalue weighted by molar-refractivity contribution is -0.387. The summed E-state index contributed by atoms with van der Waals surface area (Å²) in [6.07, 6.45) is 3.61. The third kappa shape index (κ3) is 4.40. The second-order valence-corrected chi connectivity index (χ2v) is 9.66. The number of nitrogens with zero attached hydrogens (tertiary/aromatic N) is 4. The van der Waals surface area contributed by atoms with E-state index < -0.39 is 20.6 Å². The van der Waals surface area contributed by atoms with Gasteiger partial charge in [-0.05, 0) is 36.8 Å². The molecule has 0 radical (unpaired) electrons. The zero-order chi connectivity index (χ0) is 24.4. The van der Waals surface area contributed by atoms with Gasteiger partial charge in [0, 0.05) is 36.4 Å². The predicted octanol–water partition coefficient (Wildman–Crippen LogP) is 3.53. The first-order valence-electron chi connectivity index (χ1n) is 10.9. The molecule has 2 aromatic heterocycles. The van der Waals surface area contributed by atoms with Gasteiger partial charge >= 0.3 is 0 Å². The maximum absolute atomic E-state index is 13.7. The van der Waals surface area contributed by atoms with Gasteiger partial charge < -0.3 is 9.47 Å². The zero-order valence-corrected chi connectivity index (χ0v) is 19.3. The molecule has 35 heavy (non-hydrogen) atoms. The van der Waals surface area contributed by atoms with Crippen LogP contribution in [0.3, 0.4) is 0 Å². The standard InChI is InChI=1S/C23H21N5O6S/c29-28(30)21-4-1-2-5-22(21)35(31,32)27-8-3-9-33-10-11-34-18-12-16(14-24-15-18)23-19-13-17(27)6-7-20(19)25-26-23/h1-2,4-7,12-15H,3,8-11H2,(H,25,26). The summed E-state index contributed by atoms with van der Waals surface area (Å²) < 4.78 is 40.0. The largest absolute Gasteiger partial charge is 0.490 e. The highest BCUT2D eigenvalue weighted by molar-refractivity contribution is 7.93. The molecule has 4 bridgehead atoms. The van der Waals surface area contributed by atoms with E-state index in [1.165, 1.54) is 28.6 Å². The molecule has 0 fully saturated rings. The summed E-state index contributed by atoms with van der Waals surface area (Å²) in [5.74, 6) is 0.564. The molecule has 12 heteroatoms. The number of nitro benzene ring substituents is 1. The SMILES string of the molecule is O=[N+]([O-])c1ccccc1S(=O)(=O)N1CCCOCCOc2cncc(c2)-c2n[nH]c3ccc1cc23. The first-order valence-corrected chi connectivity index (χ1v) is 12.3. The van der Waals surface area contributed by atoms with Crippen molar-refractivity contribution < 1.29 is 22.8 Å². The number of sulfonamides is 1. The summed E-state index contributed by atoms with van der Waals surface area (Å²) in [6, 6.07) is 12.2. The van der Waals surface area contributed by atoms with Crippen molar-refractivity contribution in [2.24, 2.45) is 0 Å². The van der Waals surface area contributed by atoms with Crippen LogP contribution in [-0.2, 0) is 14.8 Å². The van der Waals surface area contributed by atoms with Crippen LogP contribution < -0.4 is 9.04 Å². The van der Waals surface area contributed by atoms with Crippen molar-refractivity contribution in [3.8, 4) is 17.0 Å². The minimum absolute atomic E-state index is 0.0588. The lowest BCUT2D eigenvalue weighted by atomic mass is 10.1. The highest BCUT2D eigenvalue weighted by Crippen LogP contribution is 2.34. The van der Waals surface area contributed by atoms with Gasteiger partial charge in [-0.1, -0.05) is 12.1 Å². The van der Waals surface area contributed by atoms with Crippen LogP contribution in [0.4, 0.5) is 11.4 Å². The lowest BCUT2D eigenvalue weighted by Gasteiger charge is -2.24. The fourth-order valence-electron chi connectivity index (χ4n) is 3.97. The minimum Gasteiger partial charge on any atom is -0.490 e. The number of hydrogen-bond donors (Lipinski definition) is 1. The van der Waals surface area contributed by atoms with Gasteiger partial charge in [-0.15, -0.1) is 0 Å². The Morgan fingerprint density at radius 3 is 2.77 bits per heavy atom. The Hall–Kier alpha value is -4.03. The molecule has 180 valence electrons. The zero-order valence-electron chi connectivity index (χ0n) is 18.5. The van der Waals surface area contributed by atoms with Crippen LogP contribution >= 0.6 is 0 Å². The number of rotatable bonds is 3. The van der Waals surface area contributed by atoms with Crippen molar-refractivity contribution in [2.75, 3.05) is 30.7 Å². The molecule has 0 unspecified atom stereocenters. The Morgan fingerprint density at radius 2 is 1.91 bits per heavy atom. The number of fused-ring (bicyclic) bond motifs is 4. The molecule has 1 aliphatic rings. The van der Waals surface area contributed by atoms with E-state index in [0.717, 1.165) is 0 Å². The number of anilines is 1. The van der Waals surface area contributed by atoms with E-state index >= 15 is 0 Å². The maximum Gasteiger partial charge on any atom is 0.289 e. The van der Waals surface area contributed by atoms with Crippen LogP contribution in [0.1, 0.15) is 6.42 Å². The van der Waals surface area contributed by atoms with Crippen LogP contribution in [-0.4, -0.2) is 54.9 Å². The number of nitro groups is 1. The third-order valence-electron chi connectivity index (χ3n) is 5.60. The Kier molecular flexibility index (Phi) is 6.05. The van der Waals surface area contributed by atoms with Crippen LogP contribution in [0.25, 0.3) is 22.2 Å². The first kappa shape index (κ1) is 22.7. The highest BCUT2D eigenvalue weighted by atomic mass is 32.2. The van der Waals surface area contributed by atoms with E-state index in [-0.39, 0.29) is 18.0 Å². The van der Waals surface area contributed by atoms with Crippen LogP contribution in [0, 0.1) is 10.1 Å². The number of benzene rings is 2. The molecule has 0 spiro atoms. The Labute approximate surface area is 200 Å². The number of H-pyrrole nitrogens is 1. The summed E-state index contributed by atoms with van der Waals surface area (Å²) in [4.78, 5) is 14.7. The Bertz CT molecular complexity index is 1500. The number of aromatic nitrogens is 3. The second kappa shape index (κ2) is 9.31. The quantitative estimate of drug-likeness (QED) is 0.336. The summed E-state index contributed by atoms with van der Waals surface area (Å²) in [6.45, 7) is 0.946. The van der Waals surface area contributed by atoms with Crippen LogP contribution in [0.5, 0.6) is 5.75 Å². The molecule has 1 N–H and O–H groups in total. The second-order valence-electron chi connectivity index (χ2n) is 7.83. The average Bonchev–Trinajstić information content (AvgIpc) is 3.28. The van der Waals surface area contributed by atoms with Gasteiger partial charge in [-0.3, -0.25) is 24.5 Å². The molecule has 11 nitrogen and oxygen atoms in total. The molecule has 0 aliphatic carbocycles. The summed E-state index contributed by atoms with van der Waals surface area (Å²) in [5, 5.41) is 19.6. The van der Waals surface area contributed by atoms with E-state index in [9.17, 15) is 18.5 Å². The van der Waals surface area contributed by atoms with Gasteiger partial charge in [0.1, 0.15) is 18.1 Å². The summed E-state index contributed by atoms with van der Waals surface area (Å²) >= 11 is 0. The van der Waals surface area contributed by atoms with Gasteiger partial charge in [-0.2, -0.15) is 5.10 Å². The van der Waals surface area contributed by atoms with Crippen molar-refractivity contribution in [1.82, 2.24) is 15.2 Å². The lowest BCUT2D eigenvalue weighted by Crippen LogP contribution is -2.33. The smallest absolute Gasteiger partial charge is 0.289 e.